The zero-order chi connectivity index (χ0) is 16.2. The van der Waals surface area contributed by atoms with Gasteiger partial charge in [-0.15, -0.1) is 0 Å². The highest BCUT2D eigenvalue weighted by atomic mass is 16.5. The third-order valence-corrected chi connectivity index (χ3v) is 8.19. The SMILES string of the molecule is CC(=O)O[C@@H]1CC[C@H]2[C@@H](CC[C@@H]3[C@@H]2CC[C@]2(C)[C@@H](O)CC[C@@H]32)C1. The Kier molecular flexibility index (Phi) is 3.98. The Morgan fingerprint density at radius 3 is 2.57 bits per heavy atom. The molecular weight excluding hydrogens is 288 g/mol. The lowest BCUT2D eigenvalue weighted by molar-refractivity contribution is -0.152. The highest BCUT2D eigenvalue weighted by Crippen LogP contribution is 2.62. The van der Waals surface area contributed by atoms with Crippen LogP contribution >= 0.6 is 0 Å². The Morgan fingerprint density at radius 1 is 1.00 bits per heavy atom. The summed E-state index contributed by atoms with van der Waals surface area (Å²) in [6.45, 7) is 3.89. The molecule has 4 fully saturated rings. The van der Waals surface area contributed by atoms with Gasteiger partial charge in [0.25, 0.3) is 0 Å². The van der Waals surface area contributed by atoms with Gasteiger partial charge in [-0.05, 0) is 92.8 Å². The van der Waals surface area contributed by atoms with E-state index in [0.29, 0.717) is 0 Å². The number of aliphatic hydroxyl groups excluding tert-OH is 1. The minimum atomic E-state index is -0.115. The van der Waals surface area contributed by atoms with Gasteiger partial charge in [0.1, 0.15) is 6.10 Å². The molecule has 0 aliphatic heterocycles. The largest absolute Gasteiger partial charge is 0.463 e. The molecular formula is C20H32O3. The zero-order valence-corrected chi connectivity index (χ0v) is 14.7. The van der Waals surface area contributed by atoms with Gasteiger partial charge in [-0.25, -0.2) is 0 Å². The maximum absolute atomic E-state index is 11.2. The van der Waals surface area contributed by atoms with Gasteiger partial charge in [-0.1, -0.05) is 6.92 Å². The Bertz CT molecular complexity index is 476. The van der Waals surface area contributed by atoms with Crippen LogP contribution in [0, 0.1) is 35.0 Å². The molecule has 0 amide bonds. The molecule has 3 heteroatoms. The third kappa shape index (κ3) is 2.54. The van der Waals surface area contributed by atoms with E-state index in [4.69, 9.17) is 4.74 Å². The Hall–Kier alpha value is -0.570. The summed E-state index contributed by atoms with van der Waals surface area (Å²) in [6.07, 6.45) is 11.0. The topological polar surface area (TPSA) is 46.5 Å². The number of esters is 1. The second kappa shape index (κ2) is 5.75. The first-order chi connectivity index (χ1) is 11.0. The minimum absolute atomic E-state index is 0.0640. The van der Waals surface area contributed by atoms with Crippen LogP contribution < -0.4 is 0 Å². The number of carbonyl (C=O) groups excluding carboxylic acids is 1. The molecule has 4 saturated carbocycles. The van der Waals surface area contributed by atoms with Crippen molar-refractivity contribution in [2.75, 3.05) is 0 Å². The maximum Gasteiger partial charge on any atom is 0.302 e. The van der Waals surface area contributed by atoms with Crippen molar-refractivity contribution in [1.29, 1.82) is 0 Å². The second-order valence-electron chi connectivity index (χ2n) is 9.12. The van der Waals surface area contributed by atoms with E-state index in [2.05, 4.69) is 6.92 Å². The molecule has 0 aromatic carbocycles. The van der Waals surface area contributed by atoms with Gasteiger partial charge < -0.3 is 9.84 Å². The van der Waals surface area contributed by atoms with E-state index in [1.54, 1.807) is 0 Å². The Labute approximate surface area is 140 Å². The van der Waals surface area contributed by atoms with Crippen LogP contribution in [0.2, 0.25) is 0 Å². The molecule has 0 unspecified atom stereocenters. The van der Waals surface area contributed by atoms with Crippen molar-refractivity contribution in [3.8, 4) is 0 Å². The summed E-state index contributed by atoms with van der Waals surface area (Å²) in [7, 11) is 0. The predicted molar refractivity (Wildman–Crippen MR) is 88.7 cm³/mol. The van der Waals surface area contributed by atoms with Crippen LogP contribution in [-0.4, -0.2) is 23.3 Å². The van der Waals surface area contributed by atoms with Crippen LogP contribution in [0.15, 0.2) is 0 Å². The fourth-order valence-electron chi connectivity index (χ4n) is 7.12. The van der Waals surface area contributed by atoms with E-state index in [9.17, 15) is 9.90 Å². The molecule has 1 N–H and O–H groups in total. The summed E-state index contributed by atoms with van der Waals surface area (Å²) in [6, 6.07) is 0. The molecule has 0 heterocycles. The van der Waals surface area contributed by atoms with Crippen LogP contribution in [-0.2, 0) is 9.53 Å². The predicted octanol–water partition coefficient (Wildman–Crippen LogP) is 3.93. The molecule has 130 valence electrons. The lowest BCUT2D eigenvalue weighted by Crippen LogP contribution is -2.50. The highest BCUT2D eigenvalue weighted by Gasteiger charge is 2.56. The zero-order valence-electron chi connectivity index (χ0n) is 14.7. The summed E-state index contributed by atoms with van der Waals surface area (Å²) in [5.41, 5.74) is 0.197. The molecule has 0 saturated heterocycles. The first-order valence-corrected chi connectivity index (χ1v) is 9.84. The molecule has 4 aliphatic rings. The standard InChI is InChI=1S/C20H32O3/c1-12(21)23-14-4-6-15-13(11-14)3-5-17-16(15)9-10-20(2)18(17)7-8-19(20)22/h13-19,22H,3-11H2,1-2H3/t13-,14+,15-,16+,17+,18-,19-,20-/m0/s1. The van der Waals surface area contributed by atoms with E-state index in [-0.39, 0.29) is 23.6 Å². The van der Waals surface area contributed by atoms with Gasteiger partial charge in [-0.3, -0.25) is 4.79 Å². The lowest BCUT2D eigenvalue weighted by Gasteiger charge is -2.55. The van der Waals surface area contributed by atoms with Crippen molar-refractivity contribution in [2.45, 2.75) is 83.8 Å². The molecule has 8 atom stereocenters. The van der Waals surface area contributed by atoms with Crippen LogP contribution in [0.5, 0.6) is 0 Å². The molecule has 0 spiro atoms. The van der Waals surface area contributed by atoms with E-state index >= 15 is 0 Å². The summed E-state index contributed by atoms with van der Waals surface area (Å²) >= 11 is 0. The first-order valence-electron chi connectivity index (χ1n) is 9.84. The Balaban J connectivity index is 1.47. The number of rotatable bonds is 1. The second-order valence-corrected chi connectivity index (χ2v) is 9.12. The monoisotopic (exact) mass is 320 g/mol. The summed E-state index contributed by atoms with van der Waals surface area (Å²) in [4.78, 5) is 11.2. The van der Waals surface area contributed by atoms with Gasteiger partial charge in [0.2, 0.25) is 0 Å². The summed E-state index contributed by atoms with van der Waals surface area (Å²) in [5, 5.41) is 10.5. The third-order valence-electron chi connectivity index (χ3n) is 8.19. The molecule has 0 radical (unpaired) electrons. The normalized spacial score (nSPS) is 52.2. The van der Waals surface area contributed by atoms with Crippen molar-refractivity contribution in [2.24, 2.45) is 35.0 Å². The van der Waals surface area contributed by atoms with E-state index in [1.807, 2.05) is 0 Å². The number of carbonyl (C=O) groups is 1. The van der Waals surface area contributed by atoms with Gasteiger partial charge >= 0.3 is 5.97 Å². The fourth-order valence-corrected chi connectivity index (χ4v) is 7.12. The average molecular weight is 320 g/mol. The van der Waals surface area contributed by atoms with Crippen LogP contribution in [0.3, 0.4) is 0 Å². The summed E-state index contributed by atoms with van der Waals surface area (Å²) in [5.74, 6) is 3.97. The minimum Gasteiger partial charge on any atom is -0.463 e. The molecule has 0 aromatic heterocycles. The van der Waals surface area contributed by atoms with Crippen molar-refractivity contribution in [1.82, 2.24) is 0 Å². The molecule has 0 aromatic rings. The van der Waals surface area contributed by atoms with E-state index < -0.39 is 0 Å². The van der Waals surface area contributed by atoms with Crippen LogP contribution in [0.1, 0.15) is 71.6 Å². The van der Waals surface area contributed by atoms with Crippen LogP contribution in [0.25, 0.3) is 0 Å². The molecule has 0 bridgehead atoms. The van der Waals surface area contributed by atoms with Gasteiger partial charge in [-0.2, -0.15) is 0 Å². The number of hydrogen-bond acceptors (Lipinski definition) is 3. The van der Waals surface area contributed by atoms with Crippen molar-refractivity contribution < 1.29 is 14.6 Å². The fraction of sp³-hybridized carbons (Fsp3) is 0.950. The molecule has 4 rings (SSSR count). The smallest absolute Gasteiger partial charge is 0.302 e. The van der Waals surface area contributed by atoms with Crippen molar-refractivity contribution >= 4 is 5.97 Å². The van der Waals surface area contributed by atoms with Gasteiger partial charge in [0.15, 0.2) is 0 Å². The molecule has 3 nitrogen and oxygen atoms in total. The van der Waals surface area contributed by atoms with E-state index in [0.717, 1.165) is 48.9 Å². The maximum atomic E-state index is 11.2. The number of fused-ring (bicyclic) bond motifs is 5. The lowest BCUT2D eigenvalue weighted by atomic mass is 9.50. The number of hydrogen-bond donors (Lipinski definition) is 1. The number of aliphatic hydroxyl groups is 1. The highest BCUT2D eigenvalue weighted by molar-refractivity contribution is 5.66. The van der Waals surface area contributed by atoms with Crippen molar-refractivity contribution in [3.05, 3.63) is 0 Å². The van der Waals surface area contributed by atoms with Gasteiger partial charge in [0.05, 0.1) is 6.10 Å². The Morgan fingerprint density at radius 2 is 1.78 bits per heavy atom. The average Bonchev–Trinajstić information content (AvgIpc) is 2.82. The molecule has 4 aliphatic carbocycles. The first kappa shape index (κ1) is 15.9. The number of ether oxygens (including phenoxy) is 1. The summed E-state index contributed by atoms with van der Waals surface area (Å²) < 4.78 is 5.50. The molecule has 23 heavy (non-hydrogen) atoms. The van der Waals surface area contributed by atoms with Crippen LogP contribution in [0.4, 0.5) is 0 Å². The van der Waals surface area contributed by atoms with Crippen molar-refractivity contribution in [3.63, 3.8) is 0 Å². The van der Waals surface area contributed by atoms with E-state index in [1.165, 1.54) is 45.4 Å². The quantitative estimate of drug-likeness (QED) is 0.745. The van der Waals surface area contributed by atoms with Gasteiger partial charge in [0, 0.05) is 6.92 Å².